The number of carbonyl (C=O) groups is 1. The molecule has 1 fully saturated rings. The van der Waals surface area contributed by atoms with Crippen molar-refractivity contribution >= 4 is 33.4 Å². The van der Waals surface area contributed by atoms with Gasteiger partial charge in [0.2, 0.25) is 11.7 Å². The highest BCUT2D eigenvalue weighted by Crippen LogP contribution is 2.29. The lowest BCUT2D eigenvalue weighted by atomic mass is 9.96. The number of halogens is 2. The smallest absolute Gasteiger partial charge is 0.253 e. The average molecular weight is 447 g/mol. The maximum Gasteiger partial charge on any atom is 0.253 e. The molecule has 3 aromatic rings. The molecule has 0 atom stereocenters. The largest absolute Gasteiger partial charge is 0.339 e. The molecule has 1 aliphatic heterocycles. The summed E-state index contributed by atoms with van der Waals surface area (Å²) in [5.41, 5.74) is 1.54. The SMILES string of the molecule is O=C(c1ccc(Br)cc1)N1CCC(c2nc(-c3cccc(Cl)c3)no2)CC1. The lowest BCUT2D eigenvalue weighted by Gasteiger charge is -2.30. The number of piperidine rings is 1. The van der Waals surface area contributed by atoms with Crippen molar-refractivity contribution in [1.29, 1.82) is 0 Å². The first-order chi connectivity index (χ1) is 13.1. The molecule has 0 unspecified atom stereocenters. The predicted octanol–water partition coefficient (Wildman–Crippen LogP) is 5.17. The number of hydrogen-bond acceptors (Lipinski definition) is 4. The monoisotopic (exact) mass is 445 g/mol. The summed E-state index contributed by atoms with van der Waals surface area (Å²) < 4.78 is 6.44. The summed E-state index contributed by atoms with van der Waals surface area (Å²) in [5.74, 6) is 1.40. The molecule has 1 amide bonds. The molecule has 4 rings (SSSR count). The molecule has 0 saturated carbocycles. The Balaban J connectivity index is 1.41. The maximum absolute atomic E-state index is 12.6. The van der Waals surface area contributed by atoms with Crippen molar-refractivity contribution in [3.8, 4) is 11.4 Å². The molecule has 1 aromatic heterocycles. The maximum atomic E-state index is 12.6. The molecule has 0 aliphatic carbocycles. The molecule has 5 nitrogen and oxygen atoms in total. The second kappa shape index (κ2) is 7.82. The zero-order valence-corrected chi connectivity index (χ0v) is 16.8. The lowest BCUT2D eigenvalue weighted by molar-refractivity contribution is 0.0704. The zero-order chi connectivity index (χ0) is 18.8. The fraction of sp³-hybridized carbons (Fsp3) is 0.250. The van der Waals surface area contributed by atoms with Crippen LogP contribution in [0.25, 0.3) is 11.4 Å². The fourth-order valence-electron chi connectivity index (χ4n) is 3.25. The van der Waals surface area contributed by atoms with Gasteiger partial charge in [-0.25, -0.2) is 0 Å². The number of likely N-dealkylation sites (tertiary alicyclic amines) is 1. The first kappa shape index (κ1) is 18.2. The summed E-state index contributed by atoms with van der Waals surface area (Å²) in [6, 6.07) is 14.8. The van der Waals surface area contributed by atoms with E-state index in [1.54, 1.807) is 0 Å². The van der Waals surface area contributed by atoms with Gasteiger partial charge in [-0.05, 0) is 49.2 Å². The van der Waals surface area contributed by atoms with Gasteiger partial charge in [-0.2, -0.15) is 4.98 Å². The number of nitrogens with zero attached hydrogens (tertiary/aromatic N) is 3. The Labute approximate surface area is 170 Å². The third kappa shape index (κ3) is 4.06. The molecule has 7 heteroatoms. The Bertz CT molecular complexity index is 950. The fourth-order valence-corrected chi connectivity index (χ4v) is 3.71. The average Bonchev–Trinajstić information content (AvgIpc) is 3.18. The number of benzene rings is 2. The highest BCUT2D eigenvalue weighted by Gasteiger charge is 2.28. The van der Waals surface area contributed by atoms with Gasteiger partial charge in [-0.15, -0.1) is 0 Å². The van der Waals surface area contributed by atoms with Gasteiger partial charge in [-0.1, -0.05) is 44.8 Å². The van der Waals surface area contributed by atoms with Gasteiger partial charge < -0.3 is 9.42 Å². The lowest BCUT2D eigenvalue weighted by Crippen LogP contribution is -2.37. The van der Waals surface area contributed by atoms with E-state index in [9.17, 15) is 4.79 Å². The molecule has 0 N–H and O–H groups in total. The Morgan fingerprint density at radius 2 is 1.89 bits per heavy atom. The third-order valence-electron chi connectivity index (χ3n) is 4.75. The van der Waals surface area contributed by atoms with Gasteiger partial charge in [0.05, 0.1) is 0 Å². The highest BCUT2D eigenvalue weighted by molar-refractivity contribution is 9.10. The second-order valence-electron chi connectivity index (χ2n) is 6.54. The number of rotatable bonds is 3. The number of carbonyl (C=O) groups excluding carboxylic acids is 1. The van der Waals surface area contributed by atoms with E-state index in [2.05, 4.69) is 26.1 Å². The van der Waals surface area contributed by atoms with Crippen LogP contribution in [0.1, 0.15) is 35.0 Å². The van der Waals surface area contributed by atoms with Crippen molar-refractivity contribution in [1.82, 2.24) is 15.0 Å². The zero-order valence-electron chi connectivity index (χ0n) is 14.4. The predicted molar refractivity (Wildman–Crippen MR) is 107 cm³/mol. The van der Waals surface area contributed by atoms with Gasteiger partial charge in [-0.3, -0.25) is 4.79 Å². The topological polar surface area (TPSA) is 59.2 Å². The molecule has 1 aliphatic rings. The van der Waals surface area contributed by atoms with Crippen molar-refractivity contribution in [2.75, 3.05) is 13.1 Å². The van der Waals surface area contributed by atoms with E-state index in [-0.39, 0.29) is 11.8 Å². The minimum Gasteiger partial charge on any atom is -0.339 e. The van der Waals surface area contributed by atoms with Crippen LogP contribution in [0.2, 0.25) is 5.02 Å². The van der Waals surface area contributed by atoms with Crippen molar-refractivity contribution in [3.63, 3.8) is 0 Å². The van der Waals surface area contributed by atoms with Gasteiger partial charge >= 0.3 is 0 Å². The first-order valence-corrected chi connectivity index (χ1v) is 9.91. The summed E-state index contributed by atoms with van der Waals surface area (Å²) in [5, 5.41) is 4.72. The third-order valence-corrected chi connectivity index (χ3v) is 5.51. The minimum atomic E-state index is 0.0612. The Kier molecular flexibility index (Phi) is 5.27. The van der Waals surface area contributed by atoms with E-state index in [0.717, 1.165) is 22.9 Å². The summed E-state index contributed by atoms with van der Waals surface area (Å²) in [6.45, 7) is 1.35. The van der Waals surface area contributed by atoms with E-state index in [1.807, 2.05) is 53.4 Å². The van der Waals surface area contributed by atoms with Crippen LogP contribution in [-0.2, 0) is 0 Å². The van der Waals surface area contributed by atoms with Crippen LogP contribution in [-0.4, -0.2) is 34.0 Å². The normalized spacial score (nSPS) is 15.1. The van der Waals surface area contributed by atoms with E-state index in [4.69, 9.17) is 16.1 Å². The molecule has 0 spiro atoms. The van der Waals surface area contributed by atoms with Crippen LogP contribution < -0.4 is 0 Å². The first-order valence-electron chi connectivity index (χ1n) is 8.74. The van der Waals surface area contributed by atoms with Crippen LogP contribution >= 0.6 is 27.5 Å². The molecule has 138 valence electrons. The number of hydrogen-bond donors (Lipinski definition) is 0. The van der Waals surface area contributed by atoms with Crippen molar-refractivity contribution in [2.45, 2.75) is 18.8 Å². The molecule has 0 bridgehead atoms. The number of amides is 1. The Morgan fingerprint density at radius 3 is 2.59 bits per heavy atom. The van der Waals surface area contributed by atoms with E-state index >= 15 is 0 Å². The second-order valence-corrected chi connectivity index (χ2v) is 7.89. The van der Waals surface area contributed by atoms with Crippen LogP contribution in [0.15, 0.2) is 57.5 Å². The van der Waals surface area contributed by atoms with Gasteiger partial charge in [0.15, 0.2) is 0 Å². The summed E-state index contributed by atoms with van der Waals surface area (Å²) >= 11 is 9.42. The van der Waals surface area contributed by atoms with Crippen molar-refractivity contribution in [2.24, 2.45) is 0 Å². The Hall–Kier alpha value is -2.18. The van der Waals surface area contributed by atoms with E-state index < -0.39 is 0 Å². The van der Waals surface area contributed by atoms with Crippen LogP contribution in [0, 0.1) is 0 Å². The summed E-state index contributed by atoms with van der Waals surface area (Å²) in [4.78, 5) is 19.0. The molecule has 0 radical (unpaired) electrons. The Morgan fingerprint density at radius 1 is 1.15 bits per heavy atom. The minimum absolute atomic E-state index is 0.0612. The molecule has 27 heavy (non-hydrogen) atoms. The molecule has 2 heterocycles. The van der Waals surface area contributed by atoms with Crippen LogP contribution in [0.3, 0.4) is 0 Å². The summed E-state index contributed by atoms with van der Waals surface area (Å²) in [7, 11) is 0. The summed E-state index contributed by atoms with van der Waals surface area (Å²) in [6.07, 6.45) is 1.61. The van der Waals surface area contributed by atoms with Gasteiger partial charge in [0.1, 0.15) is 0 Å². The van der Waals surface area contributed by atoms with Gasteiger partial charge in [0, 0.05) is 39.6 Å². The standard InChI is InChI=1S/C20H17BrClN3O2/c21-16-6-4-14(5-7-16)20(26)25-10-8-13(9-11-25)19-23-18(24-27-19)15-2-1-3-17(22)12-15/h1-7,12-13H,8-11H2. The molecule has 1 saturated heterocycles. The van der Waals surface area contributed by atoms with E-state index in [0.29, 0.717) is 35.4 Å². The van der Waals surface area contributed by atoms with Crippen LogP contribution in [0.4, 0.5) is 0 Å². The van der Waals surface area contributed by atoms with Crippen molar-refractivity contribution < 1.29 is 9.32 Å². The quantitative estimate of drug-likeness (QED) is 0.557. The molecular weight excluding hydrogens is 430 g/mol. The number of aromatic nitrogens is 2. The van der Waals surface area contributed by atoms with Crippen LogP contribution in [0.5, 0.6) is 0 Å². The molecular formula is C20H17BrClN3O2. The van der Waals surface area contributed by atoms with Gasteiger partial charge in [0.25, 0.3) is 5.91 Å². The van der Waals surface area contributed by atoms with Crippen molar-refractivity contribution in [3.05, 3.63) is 69.5 Å². The highest BCUT2D eigenvalue weighted by atomic mass is 79.9. The molecule has 2 aromatic carbocycles. The van der Waals surface area contributed by atoms with E-state index in [1.165, 1.54) is 0 Å².